The van der Waals surface area contributed by atoms with Crippen molar-refractivity contribution in [1.82, 2.24) is 9.55 Å². The molecule has 0 bridgehead atoms. The molecule has 1 aromatic heterocycles. The number of ether oxygens (including phenoxy) is 1. The predicted octanol–water partition coefficient (Wildman–Crippen LogP) is 2.83. The van der Waals surface area contributed by atoms with Crippen LogP contribution in [0.15, 0.2) is 18.2 Å². The second-order valence-corrected chi connectivity index (χ2v) is 4.84. The van der Waals surface area contributed by atoms with Gasteiger partial charge in [-0.25, -0.2) is 9.78 Å². The first-order chi connectivity index (χ1) is 9.60. The van der Waals surface area contributed by atoms with Gasteiger partial charge in [-0.15, -0.1) is 0 Å². The number of carbonyl (C=O) groups is 1. The summed E-state index contributed by atoms with van der Waals surface area (Å²) in [6.45, 7) is 6.28. The van der Waals surface area contributed by atoms with Crippen LogP contribution >= 0.6 is 0 Å². The molecule has 0 aliphatic carbocycles. The largest absolute Gasteiger partial charge is 0.464 e. The maximum absolute atomic E-state index is 12.2. The number of nitrogens with two attached hydrogens (primary N) is 1. The molecule has 20 heavy (non-hydrogen) atoms. The van der Waals surface area contributed by atoms with Crippen molar-refractivity contribution < 1.29 is 9.53 Å². The SMILES string of the molecule is CCCOC(=O)C(CC)n1c(C)nc2c(N)cccc21. The Kier molecular flexibility index (Phi) is 4.27. The molecule has 5 nitrogen and oxygen atoms in total. The lowest BCUT2D eigenvalue weighted by atomic mass is 10.2. The maximum atomic E-state index is 12.2. The van der Waals surface area contributed by atoms with E-state index in [1.807, 2.05) is 43.5 Å². The van der Waals surface area contributed by atoms with Crippen LogP contribution in [-0.4, -0.2) is 22.1 Å². The van der Waals surface area contributed by atoms with Gasteiger partial charge in [0.25, 0.3) is 0 Å². The third kappa shape index (κ3) is 2.48. The van der Waals surface area contributed by atoms with Crippen LogP contribution in [0.25, 0.3) is 11.0 Å². The van der Waals surface area contributed by atoms with Gasteiger partial charge in [-0.2, -0.15) is 0 Å². The summed E-state index contributed by atoms with van der Waals surface area (Å²) in [4.78, 5) is 16.7. The Bertz CT molecular complexity index is 619. The Hall–Kier alpha value is -2.04. The monoisotopic (exact) mass is 275 g/mol. The molecule has 1 atom stereocenters. The van der Waals surface area contributed by atoms with Crippen LogP contribution in [0.3, 0.4) is 0 Å². The molecule has 2 rings (SSSR count). The van der Waals surface area contributed by atoms with Crippen LogP contribution in [-0.2, 0) is 9.53 Å². The average Bonchev–Trinajstić information content (AvgIpc) is 2.76. The number of nitrogens with zero attached hydrogens (tertiary/aromatic N) is 2. The molecule has 0 saturated carbocycles. The Morgan fingerprint density at radius 1 is 1.45 bits per heavy atom. The number of fused-ring (bicyclic) bond motifs is 1. The Morgan fingerprint density at radius 2 is 2.20 bits per heavy atom. The second-order valence-electron chi connectivity index (χ2n) is 4.84. The van der Waals surface area contributed by atoms with E-state index in [0.717, 1.165) is 23.3 Å². The van der Waals surface area contributed by atoms with Crippen LogP contribution in [0, 0.1) is 6.92 Å². The number of aryl methyl sites for hydroxylation is 1. The summed E-state index contributed by atoms with van der Waals surface area (Å²) in [5.74, 6) is 0.567. The van der Waals surface area contributed by atoms with Crippen molar-refractivity contribution >= 4 is 22.7 Å². The Labute approximate surface area is 118 Å². The van der Waals surface area contributed by atoms with Crippen molar-refractivity contribution in [2.45, 2.75) is 39.7 Å². The zero-order valence-electron chi connectivity index (χ0n) is 12.2. The van der Waals surface area contributed by atoms with Gasteiger partial charge in [0.2, 0.25) is 0 Å². The van der Waals surface area contributed by atoms with Crippen LogP contribution < -0.4 is 5.73 Å². The standard InChI is InChI=1S/C15H21N3O2/c1-4-9-20-15(19)12(5-2)18-10(3)17-14-11(16)7-6-8-13(14)18/h6-8,12H,4-5,9,16H2,1-3H3. The molecular weight excluding hydrogens is 254 g/mol. The average molecular weight is 275 g/mol. The zero-order chi connectivity index (χ0) is 14.7. The maximum Gasteiger partial charge on any atom is 0.329 e. The smallest absolute Gasteiger partial charge is 0.329 e. The number of rotatable bonds is 5. The minimum absolute atomic E-state index is 0.209. The molecule has 0 amide bonds. The fourth-order valence-electron chi connectivity index (χ4n) is 2.40. The van der Waals surface area contributed by atoms with E-state index in [4.69, 9.17) is 10.5 Å². The number of esters is 1. The lowest BCUT2D eigenvalue weighted by Gasteiger charge is -2.18. The van der Waals surface area contributed by atoms with Gasteiger partial charge in [0.05, 0.1) is 17.8 Å². The summed E-state index contributed by atoms with van der Waals surface area (Å²) in [6, 6.07) is 5.27. The van der Waals surface area contributed by atoms with E-state index < -0.39 is 0 Å². The lowest BCUT2D eigenvalue weighted by molar-refractivity contribution is -0.147. The minimum atomic E-state index is -0.353. The third-order valence-electron chi connectivity index (χ3n) is 3.35. The molecule has 1 unspecified atom stereocenters. The number of hydrogen-bond acceptors (Lipinski definition) is 4. The minimum Gasteiger partial charge on any atom is -0.464 e. The fourth-order valence-corrected chi connectivity index (χ4v) is 2.40. The number of anilines is 1. The quantitative estimate of drug-likeness (QED) is 0.673. The van der Waals surface area contributed by atoms with Crippen LogP contribution in [0.5, 0.6) is 0 Å². The first-order valence-electron chi connectivity index (χ1n) is 6.99. The summed E-state index contributed by atoms with van der Waals surface area (Å²) in [5, 5.41) is 0. The highest BCUT2D eigenvalue weighted by Gasteiger charge is 2.24. The van der Waals surface area contributed by atoms with E-state index in [0.29, 0.717) is 18.7 Å². The van der Waals surface area contributed by atoms with Crippen molar-refractivity contribution in [2.24, 2.45) is 0 Å². The molecule has 0 radical (unpaired) electrons. The van der Waals surface area contributed by atoms with Gasteiger partial charge in [-0.3, -0.25) is 0 Å². The van der Waals surface area contributed by atoms with E-state index in [9.17, 15) is 4.79 Å². The number of nitrogen functional groups attached to an aromatic ring is 1. The molecular formula is C15H21N3O2. The van der Waals surface area contributed by atoms with Gasteiger partial charge in [0.1, 0.15) is 17.4 Å². The zero-order valence-corrected chi connectivity index (χ0v) is 12.2. The van der Waals surface area contributed by atoms with E-state index in [1.54, 1.807) is 0 Å². The van der Waals surface area contributed by atoms with Crippen molar-refractivity contribution in [3.05, 3.63) is 24.0 Å². The molecule has 5 heteroatoms. The van der Waals surface area contributed by atoms with Crippen LogP contribution in [0.2, 0.25) is 0 Å². The number of imidazole rings is 1. The summed E-state index contributed by atoms with van der Waals surface area (Å²) in [7, 11) is 0. The second kappa shape index (κ2) is 5.94. The van der Waals surface area contributed by atoms with Crippen molar-refractivity contribution in [3.8, 4) is 0 Å². The fraction of sp³-hybridized carbons (Fsp3) is 0.467. The van der Waals surface area contributed by atoms with E-state index in [1.165, 1.54) is 0 Å². The summed E-state index contributed by atoms with van der Waals surface area (Å²) in [6.07, 6.45) is 1.47. The molecule has 0 aliphatic rings. The van der Waals surface area contributed by atoms with Crippen molar-refractivity contribution in [2.75, 3.05) is 12.3 Å². The van der Waals surface area contributed by atoms with Crippen molar-refractivity contribution in [1.29, 1.82) is 0 Å². The van der Waals surface area contributed by atoms with Gasteiger partial charge < -0.3 is 15.0 Å². The molecule has 1 aromatic carbocycles. The molecule has 0 fully saturated rings. The molecule has 1 heterocycles. The van der Waals surface area contributed by atoms with E-state index in [-0.39, 0.29) is 12.0 Å². The molecule has 108 valence electrons. The molecule has 0 aliphatic heterocycles. The summed E-state index contributed by atoms with van der Waals surface area (Å²) >= 11 is 0. The third-order valence-corrected chi connectivity index (χ3v) is 3.35. The lowest BCUT2D eigenvalue weighted by Crippen LogP contribution is -2.22. The van der Waals surface area contributed by atoms with Crippen LogP contribution in [0.1, 0.15) is 38.6 Å². The number of aromatic nitrogens is 2. The summed E-state index contributed by atoms with van der Waals surface area (Å²) in [5.41, 5.74) is 8.19. The number of para-hydroxylation sites is 1. The highest BCUT2D eigenvalue weighted by Crippen LogP contribution is 2.27. The molecule has 2 aromatic rings. The summed E-state index contributed by atoms with van der Waals surface area (Å²) < 4.78 is 7.20. The molecule has 0 saturated heterocycles. The highest BCUT2D eigenvalue weighted by atomic mass is 16.5. The first-order valence-corrected chi connectivity index (χ1v) is 6.99. The molecule has 0 spiro atoms. The Balaban J connectivity index is 2.47. The van der Waals surface area contributed by atoms with E-state index in [2.05, 4.69) is 4.98 Å². The van der Waals surface area contributed by atoms with Crippen molar-refractivity contribution in [3.63, 3.8) is 0 Å². The van der Waals surface area contributed by atoms with Gasteiger partial charge in [0, 0.05) is 0 Å². The van der Waals surface area contributed by atoms with Crippen LogP contribution in [0.4, 0.5) is 5.69 Å². The molecule has 2 N–H and O–H groups in total. The van der Waals surface area contributed by atoms with E-state index >= 15 is 0 Å². The predicted molar refractivity (Wildman–Crippen MR) is 79.5 cm³/mol. The van der Waals surface area contributed by atoms with Gasteiger partial charge in [0.15, 0.2) is 0 Å². The van der Waals surface area contributed by atoms with Gasteiger partial charge in [-0.05, 0) is 31.9 Å². The number of carbonyl (C=O) groups excluding carboxylic acids is 1. The Morgan fingerprint density at radius 3 is 2.85 bits per heavy atom. The van der Waals surface area contributed by atoms with Gasteiger partial charge in [-0.1, -0.05) is 19.9 Å². The number of benzene rings is 1. The first kappa shape index (κ1) is 14.4. The van der Waals surface area contributed by atoms with Gasteiger partial charge >= 0.3 is 5.97 Å². The normalized spacial score (nSPS) is 12.6. The highest BCUT2D eigenvalue weighted by molar-refractivity contribution is 5.89. The topological polar surface area (TPSA) is 70.1 Å². The number of hydrogen-bond donors (Lipinski definition) is 1.